The topological polar surface area (TPSA) is 71.5 Å². The van der Waals surface area contributed by atoms with Crippen LogP contribution in [-0.2, 0) is 4.74 Å². The fourth-order valence-electron chi connectivity index (χ4n) is 2.27. The van der Waals surface area contributed by atoms with E-state index in [0.717, 1.165) is 0 Å². The molecular formula is C16H14FN3O3. The summed E-state index contributed by atoms with van der Waals surface area (Å²) in [6.45, 7) is 0.481. The Hall–Kier alpha value is -2.96. The number of benzene rings is 1. The highest BCUT2D eigenvalue weighted by Crippen LogP contribution is 2.21. The SMILES string of the molecule is O=C(NCC1CN(c2ccc(F)cc2)C(=O)O1)c1cccnc1. The van der Waals surface area contributed by atoms with Gasteiger partial charge in [0, 0.05) is 18.1 Å². The zero-order valence-electron chi connectivity index (χ0n) is 12.1. The van der Waals surface area contributed by atoms with E-state index in [1.807, 2.05) is 0 Å². The lowest BCUT2D eigenvalue weighted by atomic mass is 10.2. The Kier molecular flexibility index (Phi) is 4.18. The minimum Gasteiger partial charge on any atom is -0.442 e. The predicted octanol–water partition coefficient (Wildman–Crippen LogP) is 1.98. The summed E-state index contributed by atoms with van der Waals surface area (Å²) in [4.78, 5) is 29.1. The third-order valence-electron chi connectivity index (χ3n) is 3.43. The molecule has 118 valence electrons. The number of cyclic esters (lactones) is 1. The minimum absolute atomic E-state index is 0.192. The van der Waals surface area contributed by atoms with Crippen LogP contribution >= 0.6 is 0 Å². The van der Waals surface area contributed by atoms with Crippen molar-refractivity contribution in [1.29, 1.82) is 0 Å². The van der Waals surface area contributed by atoms with Crippen molar-refractivity contribution in [2.75, 3.05) is 18.0 Å². The summed E-state index contributed by atoms with van der Waals surface area (Å²) in [6, 6.07) is 8.88. The summed E-state index contributed by atoms with van der Waals surface area (Å²) in [5, 5.41) is 2.70. The number of halogens is 1. The predicted molar refractivity (Wildman–Crippen MR) is 80.6 cm³/mol. The van der Waals surface area contributed by atoms with Crippen LogP contribution in [0.25, 0.3) is 0 Å². The van der Waals surface area contributed by atoms with Crippen molar-refractivity contribution < 1.29 is 18.7 Å². The number of hydrogen-bond donors (Lipinski definition) is 1. The van der Waals surface area contributed by atoms with Gasteiger partial charge in [0.15, 0.2) is 0 Å². The minimum atomic E-state index is -0.516. The average Bonchev–Trinajstić information content (AvgIpc) is 2.95. The Balaban J connectivity index is 1.58. The van der Waals surface area contributed by atoms with Crippen molar-refractivity contribution in [2.45, 2.75) is 6.10 Å². The summed E-state index contributed by atoms with van der Waals surface area (Å²) in [6.07, 6.45) is 2.06. The molecule has 1 aliphatic heterocycles. The van der Waals surface area contributed by atoms with Crippen LogP contribution in [-0.4, -0.2) is 36.2 Å². The first-order valence-electron chi connectivity index (χ1n) is 7.05. The number of carbonyl (C=O) groups excluding carboxylic acids is 2. The van der Waals surface area contributed by atoms with Crippen LogP contribution in [0.2, 0.25) is 0 Å². The zero-order chi connectivity index (χ0) is 16.2. The first kappa shape index (κ1) is 15.0. The molecule has 0 radical (unpaired) electrons. The molecule has 2 amide bonds. The number of hydrogen-bond acceptors (Lipinski definition) is 4. The van der Waals surface area contributed by atoms with Gasteiger partial charge in [-0.1, -0.05) is 0 Å². The molecule has 7 heteroatoms. The van der Waals surface area contributed by atoms with Crippen molar-refractivity contribution >= 4 is 17.7 Å². The molecule has 1 saturated heterocycles. The first-order valence-corrected chi connectivity index (χ1v) is 7.05. The fraction of sp³-hybridized carbons (Fsp3) is 0.188. The van der Waals surface area contributed by atoms with E-state index < -0.39 is 12.2 Å². The fourth-order valence-corrected chi connectivity index (χ4v) is 2.27. The Morgan fingerprint density at radius 3 is 2.83 bits per heavy atom. The molecule has 1 aliphatic rings. The van der Waals surface area contributed by atoms with Gasteiger partial charge in [0.25, 0.3) is 5.91 Å². The molecule has 1 aromatic carbocycles. The summed E-state index contributed by atoms with van der Waals surface area (Å²) < 4.78 is 18.1. The van der Waals surface area contributed by atoms with Crippen LogP contribution < -0.4 is 10.2 Å². The van der Waals surface area contributed by atoms with E-state index in [-0.39, 0.29) is 24.8 Å². The highest BCUT2D eigenvalue weighted by atomic mass is 19.1. The number of ether oxygens (including phenoxy) is 1. The highest BCUT2D eigenvalue weighted by Gasteiger charge is 2.32. The van der Waals surface area contributed by atoms with Gasteiger partial charge in [0.2, 0.25) is 0 Å². The molecule has 2 heterocycles. The zero-order valence-corrected chi connectivity index (χ0v) is 12.1. The molecule has 1 fully saturated rings. The smallest absolute Gasteiger partial charge is 0.414 e. The van der Waals surface area contributed by atoms with Gasteiger partial charge in [0.05, 0.1) is 18.7 Å². The lowest BCUT2D eigenvalue weighted by molar-refractivity contribution is 0.0915. The number of nitrogens with one attached hydrogen (secondary N) is 1. The number of amides is 2. The van der Waals surface area contributed by atoms with Gasteiger partial charge in [0.1, 0.15) is 11.9 Å². The third-order valence-corrected chi connectivity index (χ3v) is 3.43. The standard InChI is InChI=1S/C16H14FN3O3/c17-12-3-5-13(6-4-12)20-10-14(23-16(20)22)9-19-15(21)11-2-1-7-18-8-11/h1-8,14H,9-10H2,(H,19,21). The second-order valence-electron chi connectivity index (χ2n) is 5.04. The monoisotopic (exact) mass is 315 g/mol. The molecule has 1 unspecified atom stereocenters. The van der Waals surface area contributed by atoms with Gasteiger partial charge in [-0.15, -0.1) is 0 Å². The number of anilines is 1. The second kappa shape index (κ2) is 6.43. The average molecular weight is 315 g/mol. The maximum absolute atomic E-state index is 12.9. The Labute approximate surface area is 131 Å². The van der Waals surface area contributed by atoms with Crippen LogP contribution in [0, 0.1) is 5.82 Å². The van der Waals surface area contributed by atoms with E-state index in [1.165, 1.54) is 35.4 Å². The van der Waals surface area contributed by atoms with E-state index in [2.05, 4.69) is 10.3 Å². The Bertz CT molecular complexity index is 706. The van der Waals surface area contributed by atoms with Crippen molar-refractivity contribution in [3.05, 3.63) is 60.2 Å². The van der Waals surface area contributed by atoms with Gasteiger partial charge >= 0.3 is 6.09 Å². The van der Waals surface area contributed by atoms with Crippen molar-refractivity contribution in [3.8, 4) is 0 Å². The number of carbonyl (C=O) groups is 2. The second-order valence-corrected chi connectivity index (χ2v) is 5.04. The van der Waals surface area contributed by atoms with E-state index >= 15 is 0 Å². The largest absolute Gasteiger partial charge is 0.442 e. The highest BCUT2D eigenvalue weighted by molar-refractivity contribution is 5.94. The van der Waals surface area contributed by atoms with E-state index in [1.54, 1.807) is 18.3 Å². The molecule has 2 aromatic rings. The molecule has 1 N–H and O–H groups in total. The van der Waals surface area contributed by atoms with Crippen LogP contribution in [0.3, 0.4) is 0 Å². The molecular weight excluding hydrogens is 301 g/mol. The summed E-state index contributed by atoms with van der Waals surface area (Å²) >= 11 is 0. The Morgan fingerprint density at radius 1 is 1.35 bits per heavy atom. The molecule has 1 atom stereocenters. The summed E-state index contributed by atoms with van der Waals surface area (Å²) in [5.74, 6) is -0.657. The van der Waals surface area contributed by atoms with Crippen LogP contribution in [0.15, 0.2) is 48.8 Å². The Morgan fingerprint density at radius 2 is 2.13 bits per heavy atom. The maximum Gasteiger partial charge on any atom is 0.414 e. The first-order chi connectivity index (χ1) is 11.1. The van der Waals surface area contributed by atoms with Gasteiger partial charge < -0.3 is 10.1 Å². The van der Waals surface area contributed by atoms with E-state index in [9.17, 15) is 14.0 Å². The third kappa shape index (κ3) is 3.45. The molecule has 23 heavy (non-hydrogen) atoms. The number of nitrogens with zero attached hydrogens (tertiary/aromatic N) is 2. The number of rotatable bonds is 4. The molecule has 1 aromatic heterocycles. The maximum atomic E-state index is 12.9. The molecule has 0 aliphatic carbocycles. The number of pyridine rings is 1. The van der Waals surface area contributed by atoms with Gasteiger partial charge in [-0.3, -0.25) is 14.7 Å². The van der Waals surface area contributed by atoms with E-state index in [4.69, 9.17) is 4.74 Å². The van der Waals surface area contributed by atoms with Crippen molar-refractivity contribution in [2.24, 2.45) is 0 Å². The molecule has 3 rings (SSSR count). The molecule has 0 saturated carbocycles. The summed E-state index contributed by atoms with van der Waals surface area (Å²) in [5.41, 5.74) is 0.990. The quantitative estimate of drug-likeness (QED) is 0.936. The van der Waals surface area contributed by atoms with Gasteiger partial charge in [-0.25, -0.2) is 9.18 Å². The molecule has 0 bridgehead atoms. The van der Waals surface area contributed by atoms with Crippen LogP contribution in [0.4, 0.5) is 14.9 Å². The van der Waals surface area contributed by atoms with Crippen molar-refractivity contribution in [1.82, 2.24) is 10.3 Å². The molecule has 6 nitrogen and oxygen atoms in total. The van der Waals surface area contributed by atoms with Crippen LogP contribution in [0.1, 0.15) is 10.4 Å². The van der Waals surface area contributed by atoms with Crippen LogP contribution in [0.5, 0.6) is 0 Å². The molecule has 0 spiro atoms. The van der Waals surface area contributed by atoms with E-state index in [0.29, 0.717) is 11.3 Å². The summed E-state index contributed by atoms with van der Waals surface area (Å²) in [7, 11) is 0. The lowest BCUT2D eigenvalue weighted by Gasteiger charge is -2.13. The van der Waals surface area contributed by atoms with Crippen molar-refractivity contribution in [3.63, 3.8) is 0 Å². The number of aromatic nitrogens is 1. The lowest BCUT2D eigenvalue weighted by Crippen LogP contribution is -2.34. The van der Waals surface area contributed by atoms with Gasteiger partial charge in [-0.05, 0) is 36.4 Å². The van der Waals surface area contributed by atoms with Gasteiger partial charge in [-0.2, -0.15) is 0 Å². The normalized spacial score (nSPS) is 17.0.